The third kappa shape index (κ3) is 12.6. The molecule has 280 valence electrons. The van der Waals surface area contributed by atoms with Gasteiger partial charge in [-0.05, 0) is 75.9 Å². The van der Waals surface area contributed by atoms with Crippen molar-refractivity contribution in [2.75, 3.05) is 26.3 Å². The number of hydrogen-bond acceptors (Lipinski definition) is 14. The second-order valence-corrected chi connectivity index (χ2v) is 11.2. The van der Waals surface area contributed by atoms with E-state index in [4.69, 9.17) is 16.2 Å². The van der Waals surface area contributed by atoms with Crippen LogP contribution in [-0.4, -0.2) is 117 Å². The van der Waals surface area contributed by atoms with Crippen LogP contribution in [0.15, 0.2) is 36.4 Å². The van der Waals surface area contributed by atoms with Gasteiger partial charge in [0.2, 0.25) is 11.8 Å². The molecule has 4 amide bonds. The van der Waals surface area contributed by atoms with Crippen LogP contribution in [0.1, 0.15) is 59.2 Å². The van der Waals surface area contributed by atoms with E-state index in [1.165, 1.54) is 24.3 Å². The number of para-hydroxylation sites is 2. The van der Waals surface area contributed by atoms with Crippen molar-refractivity contribution in [3.63, 3.8) is 0 Å². The van der Waals surface area contributed by atoms with Gasteiger partial charge in [0.15, 0.2) is 35.1 Å². The molecule has 0 aliphatic carbocycles. The average molecular weight is 721 g/mol. The third-order valence-corrected chi connectivity index (χ3v) is 7.45. The number of carbonyl (C=O) groups is 6. The number of amides is 4. The number of aliphatic hydroxyl groups is 1. The number of aliphatic carboxylic acids is 1. The monoisotopic (exact) mass is 720 g/mol. The molecule has 0 aromatic heterocycles. The number of esters is 1. The average Bonchev–Trinajstić information content (AvgIpc) is 3.09. The van der Waals surface area contributed by atoms with E-state index in [1.54, 1.807) is 0 Å². The number of ether oxygens (including phenoxy) is 1. The lowest BCUT2D eigenvalue weighted by molar-refractivity contribution is -0.154. The minimum atomic E-state index is -1.86. The number of benzene rings is 2. The molecule has 2 rings (SSSR count). The van der Waals surface area contributed by atoms with Crippen molar-refractivity contribution in [2.45, 2.75) is 62.7 Å². The fraction of sp³-hybridized carbons (Fsp3) is 0.438. The Morgan fingerprint density at radius 3 is 1.45 bits per heavy atom. The lowest BCUT2D eigenvalue weighted by Crippen LogP contribution is -2.55. The standard InChI is InChI=1S/C32H44N6O13/c33-13-3-1-9-19(35-27(44)17-7-5-11-23(40)25(17)42)29(46)37-21(15-39)32(50)51-16-22(31(48)49)38-30(47)20(10-2-4-14-34)36-28(45)18-8-6-12-24(41)26(18)43/h5-8,11-12,19-22,39-43H,1-4,9-10,13-16,33-34H2,(H,35,44)(H,36,45)(H,37,46)(H,38,47)(H,48,49). The van der Waals surface area contributed by atoms with Crippen LogP contribution in [0, 0.1) is 0 Å². The summed E-state index contributed by atoms with van der Waals surface area (Å²) in [7, 11) is 0. The van der Waals surface area contributed by atoms with E-state index in [2.05, 4.69) is 21.3 Å². The lowest BCUT2D eigenvalue weighted by atomic mass is 10.1. The van der Waals surface area contributed by atoms with E-state index in [0.717, 1.165) is 12.1 Å². The Balaban J connectivity index is 2.11. The van der Waals surface area contributed by atoms with Crippen LogP contribution < -0.4 is 32.7 Å². The van der Waals surface area contributed by atoms with E-state index in [-0.39, 0.29) is 37.1 Å². The molecule has 0 aliphatic heterocycles. The Morgan fingerprint density at radius 2 is 1.06 bits per heavy atom. The van der Waals surface area contributed by atoms with Gasteiger partial charge in [0.05, 0.1) is 17.7 Å². The molecule has 4 atom stereocenters. The van der Waals surface area contributed by atoms with Crippen molar-refractivity contribution >= 4 is 35.6 Å². The highest BCUT2D eigenvalue weighted by Crippen LogP contribution is 2.29. The SMILES string of the molecule is NCCCCC(NC(=O)c1cccc(O)c1O)C(=O)NC(COC(=O)C(CO)NC(=O)C(CCCCN)NC(=O)c1cccc(O)c1O)C(=O)O. The number of phenols is 4. The van der Waals surface area contributed by atoms with Crippen LogP contribution in [0.2, 0.25) is 0 Å². The highest BCUT2D eigenvalue weighted by molar-refractivity contribution is 6.01. The molecule has 51 heavy (non-hydrogen) atoms. The van der Waals surface area contributed by atoms with E-state index in [1.807, 2.05) is 0 Å². The lowest BCUT2D eigenvalue weighted by Gasteiger charge is -2.23. The number of aromatic hydroxyl groups is 4. The topological polar surface area (TPSA) is 333 Å². The number of nitrogens with one attached hydrogen (secondary N) is 4. The molecule has 2 aromatic carbocycles. The second-order valence-electron chi connectivity index (χ2n) is 11.2. The number of unbranched alkanes of at least 4 members (excludes halogenated alkanes) is 2. The van der Waals surface area contributed by atoms with Gasteiger partial charge in [-0.3, -0.25) is 19.2 Å². The second kappa shape index (κ2) is 20.8. The van der Waals surface area contributed by atoms with E-state index in [0.29, 0.717) is 25.7 Å². The summed E-state index contributed by atoms with van der Waals surface area (Å²) in [5.74, 6) is -9.40. The largest absolute Gasteiger partial charge is 0.504 e. The first kappa shape index (κ1) is 41.5. The molecule has 0 heterocycles. The van der Waals surface area contributed by atoms with Gasteiger partial charge in [-0.1, -0.05) is 12.1 Å². The molecule has 4 unspecified atom stereocenters. The van der Waals surface area contributed by atoms with Crippen LogP contribution in [0.3, 0.4) is 0 Å². The van der Waals surface area contributed by atoms with Gasteiger partial charge in [0.1, 0.15) is 18.7 Å². The van der Waals surface area contributed by atoms with Gasteiger partial charge >= 0.3 is 11.9 Å². The van der Waals surface area contributed by atoms with E-state index < -0.39 is 95.9 Å². The summed E-state index contributed by atoms with van der Waals surface area (Å²) in [4.78, 5) is 76.6. The summed E-state index contributed by atoms with van der Waals surface area (Å²) in [6, 6.07) is 0.959. The molecule has 2 aromatic rings. The fourth-order valence-electron chi connectivity index (χ4n) is 4.59. The van der Waals surface area contributed by atoms with Gasteiger partial charge in [-0.2, -0.15) is 0 Å². The minimum Gasteiger partial charge on any atom is -0.504 e. The predicted molar refractivity (Wildman–Crippen MR) is 177 cm³/mol. The molecule has 0 fully saturated rings. The number of carboxylic acids is 1. The first-order chi connectivity index (χ1) is 24.2. The quantitative estimate of drug-likeness (QED) is 0.0387. The molecule has 19 nitrogen and oxygen atoms in total. The molecule has 0 aliphatic rings. The third-order valence-electron chi connectivity index (χ3n) is 7.45. The van der Waals surface area contributed by atoms with Crippen molar-refractivity contribution in [3.8, 4) is 23.0 Å². The Kier molecular flexibility index (Phi) is 16.9. The summed E-state index contributed by atoms with van der Waals surface area (Å²) in [5, 5.41) is 68.2. The van der Waals surface area contributed by atoms with E-state index in [9.17, 15) is 59.4 Å². The van der Waals surface area contributed by atoms with Gasteiger partial charge < -0.3 is 68.1 Å². The summed E-state index contributed by atoms with van der Waals surface area (Å²) in [6.07, 6.45) is 1.59. The van der Waals surface area contributed by atoms with Crippen LogP contribution in [0.25, 0.3) is 0 Å². The Labute approximate surface area is 292 Å². The highest BCUT2D eigenvalue weighted by Gasteiger charge is 2.32. The first-order valence-electron chi connectivity index (χ1n) is 15.9. The van der Waals surface area contributed by atoms with Gasteiger partial charge in [-0.15, -0.1) is 0 Å². The number of hydrogen-bond donors (Lipinski definition) is 12. The number of carboxylic acid groups (broad SMARTS) is 1. The number of carbonyl (C=O) groups excluding carboxylic acids is 5. The summed E-state index contributed by atoms with van der Waals surface area (Å²) >= 11 is 0. The smallest absolute Gasteiger partial charge is 0.331 e. The fourth-order valence-corrected chi connectivity index (χ4v) is 4.59. The summed E-state index contributed by atoms with van der Waals surface area (Å²) in [6.45, 7) is -1.46. The number of nitrogens with two attached hydrogens (primary N) is 2. The van der Waals surface area contributed by atoms with Crippen molar-refractivity contribution in [3.05, 3.63) is 47.5 Å². The van der Waals surface area contributed by atoms with Crippen LogP contribution in [-0.2, 0) is 23.9 Å². The summed E-state index contributed by atoms with van der Waals surface area (Å²) < 4.78 is 5.00. The van der Waals surface area contributed by atoms with Crippen LogP contribution in [0.4, 0.5) is 0 Å². The van der Waals surface area contributed by atoms with Crippen molar-refractivity contribution < 1.29 is 64.1 Å². The summed E-state index contributed by atoms with van der Waals surface area (Å²) in [5.41, 5.74) is 10.3. The molecule has 0 radical (unpaired) electrons. The molecular formula is C32H44N6O13. The zero-order valence-corrected chi connectivity index (χ0v) is 27.5. The van der Waals surface area contributed by atoms with Crippen molar-refractivity contribution in [1.82, 2.24) is 21.3 Å². The molecular weight excluding hydrogens is 676 g/mol. The van der Waals surface area contributed by atoms with E-state index >= 15 is 0 Å². The maximum Gasteiger partial charge on any atom is 0.331 e. The zero-order chi connectivity index (χ0) is 38.1. The van der Waals surface area contributed by atoms with Crippen LogP contribution in [0.5, 0.6) is 23.0 Å². The normalized spacial score (nSPS) is 13.2. The first-order valence-corrected chi connectivity index (χ1v) is 15.9. The zero-order valence-electron chi connectivity index (χ0n) is 27.5. The number of aliphatic hydroxyl groups excluding tert-OH is 1. The Bertz CT molecular complexity index is 1540. The van der Waals surface area contributed by atoms with Crippen LogP contribution >= 0.6 is 0 Å². The van der Waals surface area contributed by atoms with Crippen molar-refractivity contribution in [2.24, 2.45) is 11.5 Å². The molecule has 0 spiro atoms. The maximum atomic E-state index is 13.1. The molecule has 0 saturated heterocycles. The van der Waals surface area contributed by atoms with Gasteiger partial charge in [0, 0.05) is 0 Å². The highest BCUT2D eigenvalue weighted by atomic mass is 16.5. The van der Waals surface area contributed by atoms with Gasteiger partial charge in [-0.25, -0.2) is 9.59 Å². The van der Waals surface area contributed by atoms with Crippen molar-refractivity contribution in [1.29, 1.82) is 0 Å². The van der Waals surface area contributed by atoms with Gasteiger partial charge in [0.25, 0.3) is 11.8 Å². The molecule has 0 saturated carbocycles. The molecule has 14 N–H and O–H groups in total. The number of rotatable bonds is 21. The minimum absolute atomic E-state index is 0.00681. The maximum absolute atomic E-state index is 13.1. The number of phenolic OH excluding ortho intramolecular Hbond substituents is 4. The Hall–Kier alpha value is -5.66. The Morgan fingerprint density at radius 1 is 0.627 bits per heavy atom. The molecule has 0 bridgehead atoms. The molecule has 19 heteroatoms. The predicted octanol–water partition coefficient (Wildman–Crippen LogP) is -1.75.